The molecule has 0 spiro atoms. The van der Waals surface area contributed by atoms with Gasteiger partial charge in [0.1, 0.15) is 5.82 Å². The van der Waals surface area contributed by atoms with E-state index >= 15 is 0 Å². The van der Waals surface area contributed by atoms with Crippen molar-refractivity contribution in [3.63, 3.8) is 0 Å². The van der Waals surface area contributed by atoms with Gasteiger partial charge in [-0.25, -0.2) is 14.4 Å². The highest BCUT2D eigenvalue weighted by Gasteiger charge is 2.07. The average molecular weight is 314 g/mol. The minimum absolute atomic E-state index is 0.141. The summed E-state index contributed by atoms with van der Waals surface area (Å²) in [6.07, 6.45) is 12.5. The monoisotopic (exact) mass is 314 g/mol. The van der Waals surface area contributed by atoms with Gasteiger partial charge in [-0.3, -0.25) is 0 Å². The van der Waals surface area contributed by atoms with Gasteiger partial charge in [-0.2, -0.15) is 0 Å². The Hall–Kier alpha value is -1.77. The lowest BCUT2D eigenvalue weighted by molar-refractivity contribution is 0.594. The minimum atomic E-state index is -0.141. The van der Waals surface area contributed by atoms with Gasteiger partial charge in [-0.05, 0) is 42.9 Å². The lowest BCUT2D eigenvalue weighted by atomic mass is 10.0. The summed E-state index contributed by atoms with van der Waals surface area (Å²) in [4.78, 5) is 8.76. The standard InChI is InChI=1S/C20H27FN2/c1-3-5-7-8-10-17-11-12-18(13-19(17)21)20-22-14-16(15-23-20)9-6-4-2/h11-15H,3-10H2,1-2H3. The van der Waals surface area contributed by atoms with E-state index in [0.29, 0.717) is 5.82 Å². The van der Waals surface area contributed by atoms with Gasteiger partial charge in [-0.1, -0.05) is 51.7 Å². The third kappa shape index (κ3) is 5.42. The van der Waals surface area contributed by atoms with Crippen molar-refractivity contribution in [1.29, 1.82) is 0 Å². The SMILES string of the molecule is CCCCCCc1ccc(-c2ncc(CCCC)cn2)cc1F. The molecular weight excluding hydrogens is 287 g/mol. The van der Waals surface area contributed by atoms with Gasteiger partial charge >= 0.3 is 0 Å². The predicted molar refractivity (Wildman–Crippen MR) is 93.9 cm³/mol. The second-order valence-corrected chi connectivity index (χ2v) is 6.14. The molecule has 1 aromatic heterocycles. The van der Waals surface area contributed by atoms with E-state index in [2.05, 4.69) is 23.8 Å². The molecular formula is C20H27FN2. The number of aromatic nitrogens is 2. The summed E-state index contributed by atoms with van der Waals surface area (Å²) in [5, 5.41) is 0. The molecule has 2 nitrogen and oxygen atoms in total. The number of benzene rings is 1. The van der Waals surface area contributed by atoms with Crippen LogP contribution in [0.1, 0.15) is 63.5 Å². The highest BCUT2D eigenvalue weighted by Crippen LogP contribution is 2.20. The zero-order valence-electron chi connectivity index (χ0n) is 14.3. The normalized spacial score (nSPS) is 10.9. The molecule has 0 atom stereocenters. The summed E-state index contributed by atoms with van der Waals surface area (Å²) in [5.74, 6) is 0.458. The summed E-state index contributed by atoms with van der Waals surface area (Å²) in [6, 6.07) is 5.38. The van der Waals surface area contributed by atoms with Gasteiger partial charge in [0.25, 0.3) is 0 Å². The van der Waals surface area contributed by atoms with Crippen molar-refractivity contribution in [3.8, 4) is 11.4 Å². The third-order valence-corrected chi connectivity index (χ3v) is 4.14. The quantitative estimate of drug-likeness (QED) is 0.551. The van der Waals surface area contributed by atoms with Crippen LogP contribution in [0.5, 0.6) is 0 Å². The summed E-state index contributed by atoms with van der Waals surface area (Å²) in [5.41, 5.74) is 2.69. The van der Waals surface area contributed by atoms with Crippen molar-refractivity contribution < 1.29 is 4.39 Å². The summed E-state index contributed by atoms with van der Waals surface area (Å²) in [7, 11) is 0. The van der Waals surface area contributed by atoms with E-state index in [1.165, 1.54) is 19.3 Å². The van der Waals surface area contributed by atoms with Crippen molar-refractivity contribution in [2.75, 3.05) is 0 Å². The Kier molecular flexibility index (Phi) is 7.18. The van der Waals surface area contributed by atoms with E-state index in [0.717, 1.165) is 48.8 Å². The highest BCUT2D eigenvalue weighted by molar-refractivity contribution is 5.55. The molecule has 3 heteroatoms. The lowest BCUT2D eigenvalue weighted by Gasteiger charge is -2.06. The summed E-state index contributed by atoms with van der Waals surface area (Å²) in [6.45, 7) is 4.35. The molecule has 0 saturated carbocycles. The first-order valence-corrected chi connectivity index (χ1v) is 8.84. The van der Waals surface area contributed by atoms with E-state index in [9.17, 15) is 4.39 Å². The number of hydrogen-bond acceptors (Lipinski definition) is 2. The number of nitrogens with zero attached hydrogens (tertiary/aromatic N) is 2. The summed E-state index contributed by atoms with van der Waals surface area (Å²) >= 11 is 0. The maximum absolute atomic E-state index is 14.2. The van der Waals surface area contributed by atoms with Crippen molar-refractivity contribution in [2.45, 2.75) is 65.2 Å². The minimum Gasteiger partial charge on any atom is -0.236 e. The van der Waals surface area contributed by atoms with Crippen LogP contribution in [0.2, 0.25) is 0 Å². The Morgan fingerprint density at radius 1 is 0.870 bits per heavy atom. The van der Waals surface area contributed by atoms with Crippen LogP contribution in [0.15, 0.2) is 30.6 Å². The molecule has 0 N–H and O–H groups in total. The van der Waals surface area contributed by atoms with Gasteiger partial charge in [0, 0.05) is 18.0 Å². The first kappa shape index (κ1) is 17.6. The Morgan fingerprint density at radius 2 is 1.61 bits per heavy atom. The Balaban J connectivity index is 2.01. The van der Waals surface area contributed by atoms with Crippen LogP contribution in [-0.2, 0) is 12.8 Å². The fourth-order valence-corrected chi connectivity index (χ4v) is 2.65. The average Bonchev–Trinajstić information content (AvgIpc) is 2.58. The molecule has 0 aliphatic rings. The Labute approximate surface area is 139 Å². The zero-order chi connectivity index (χ0) is 16.5. The largest absolute Gasteiger partial charge is 0.236 e. The van der Waals surface area contributed by atoms with Gasteiger partial charge in [0.15, 0.2) is 5.82 Å². The molecule has 0 radical (unpaired) electrons. The zero-order valence-corrected chi connectivity index (χ0v) is 14.3. The topological polar surface area (TPSA) is 25.8 Å². The van der Waals surface area contributed by atoms with Crippen LogP contribution >= 0.6 is 0 Å². The fraction of sp³-hybridized carbons (Fsp3) is 0.500. The van der Waals surface area contributed by atoms with Crippen LogP contribution < -0.4 is 0 Å². The maximum atomic E-state index is 14.2. The van der Waals surface area contributed by atoms with Crippen LogP contribution in [0.3, 0.4) is 0 Å². The van der Waals surface area contributed by atoms with Crippen molar-refractivity contribution in [2.24, 2.45) is 0 Å². The van der Waals surface area contributed by atoms with Crippen LogP contribution in [0, 0.1) is 5.82 Å². The molecule has 0 aliphatic carbocycles. The molecule has 0 aliphatic heterocycles. The van der Waals surface area contributed by atoms with Gasteiger partial charge in [0.2, 0.25) is 0 Å². The van der Waals surface area contributed by atoms with E-state index < -0.39 is 0 Å². The number of hydrogen-bond donors (Lipinski definition) is 0. The smallest absolute Gasteiger partial charge is 0.159 e. The Bertz CT molecular complexity index is 593. The number of unbranched alkanes of at least 4 members (excludes halogenated alkanes) is 4. The first-order valence-electron chi connectivity index (χ1n) is 8.84. The second kappa shape index (κ2) is 9.39. The molecule has 1 aromatic carbocycles. The van der Waals surface area contributed by atoms with Crippen molar-refractivity contribution >= 4 is 0 Å². The molecule has 23 heavy (non-hydrogen) atoms. The molecule has 0 bridgehead atoms. The third-order valence-electron chi connectivity index (χ3n) is 4.14. The number of halogens is 1. The van der Waals surface area contributed by atoms with E-state index in [1.54, 1.807) is 6.07 Å². The van der Waals surface area contributed by atoms with Crippen LogP contribution in [0.25, 0.3) is 11.4 Å². The molecule has 1 heterocycles. The molecule has 2 aromatic rings. The molecule has 0 saturated heterocycles. The Morgan fingerprint density at radius 3 is 2.26 bits per heavy atom. The van der Waals surface area contributed by atoms with Gasteiger partial charge in [0.05, 0.1) is 0 Å². The molecule has 0 unspecified atom stereocenters. The predicted octanol–water partition coefficient (Wildman–Crippen LogP) is 5.75. The van der Waals surface area contributed by atoms with Crippen molar-refractivity contribution in [1.82, 2.24) is 9.97 Å². The second-order valence-electron chi connectivity index (χ2n) is 6.14. The fourth-order valence-electron chi connectivity index (χ4n) is 2.65. The molecule has 124 valence electrons. The molecule has 2 rings (SSSR count). The van der Waals surface area contributed by atoms with Crippen LogP contribution in [-0.4, -0.2) is 9.97 Å². The van der Waals surface area contributed by atoms with Gasteiger partial charge < -0.3 is 0 Å². The lowest BCUT2D eigenvalue weighted by Crippen LogP contribution is -1.96. The van der Waals surface area contributed by atoms with E-state index in [4.69, 9.17) is 0 Å². The molecule has 0 fully saturated rings. The first-order chi connectivity index (χ1) is 11.2. The van der Waals surface area contributed by atoms with E-state index in [1.807, 2.05) is 24.5 Å². The number of rotatable bonds is 9. The highest BCUT2D eigenvalue weighted by atomic mass is 19.1. The van der Waals surface area contributed by atoms with E-state index in [-0.39, 0.29) is 5.82 Å². The van der Waals surface area contributed by atoms with Crippen LogP contribution in [0.4, 0.5) is 4.39 Å². The molecule has 0 amide bonds. The number of aryl methyl sites for hydroxylation is 2. The van der Waals surface area contributed by atoms with Gasteiger partial charge in [-0.15, -0.1) is 0 Å². The van der Waals surface area contributed by atoms with Crippen molar-refractivity contribution in [3.05, 3.63) is 47.5 Å². The summed E-state index contributed by atoms with van der Waals surface area (Å²) < 4.78 is 14.2. The maximum Gasteiger partial charge on any atom is 0.159 e.